The highest BCUT2D eigenvalue weighted by molar-refractivity contribution is 7.11. The lowest BCUT2D eigenvalue weighted by atomic mass is 10.2. The first-order valence-corrected chi connectivity index (χ1v) is 6.42. The molecule has 1 aromatic heterocycles. The number of hydrogen-bond donors (Lipinski definition) is 1. The standard InChI is InChI=1S/C10H18N4OS/c1-8-12-13-10(16-8)7-14-4-5-15-9(6-14)2-3-11/h9H,2-7,11H2,1H3. The summed E-state index contributed by atoms with van der Waals surface area (Å²) in [6.45, 7) is 6.28. The van der Waals surface area contributed by atoms with E-state index >= 15 is 0 Å². The molecule has 90 valence electrons. The molecule has 1 aromatic rings. The molecule has 2 rings (SSSR count). The van der Waals surface area contributed by atoms with Gasteiger partial charge in [-0.15, -0.1) is 21.5 Å². The van der Waals surface area contributed by atoms with E-state index in [1.165, 1.54) is 0 Å². The van der Waals surface area contributed by atoms with Crippen molar-refractivity contribution < 1.29 is 4.74 Å². The van der Waals surface area contributed by atoms with Gasteiger partial charge in [-0.2, -0.15) is 0 Å². The van der Waals surface area contributed by atoms with Crippen LogP contribution in [0.1, 0.15) is 16.4 Å². The lowest BCUT2D eigenvalue weighted by molar-refractivity contribution is -0.0335. The maximum atomic E-state index is 5.64. The summed E-state index contributed by atoms with van der Waals surface area (Å²) in [4.78, 5) is 2.36. The molecule has 0 bridgehead atoms. The quantitative estimate of drug-likeness (QED) is 0.828. The molecule has 1 fully saturated rings. The average Bonchev–Trinajstić information content (AvgIpc) is 2.65. The molecule has 0 saturated carbocycles. The minimum atomic E-state index is 0.285. The van der Waals surface area contributed by atoms with Crippen molar-refractivity contribution in [3.63, 3.8) is 0 Å². The van der Waals surface area contributed by atoms with Crippen LogP contribution in [-0.2, 0) is 11.3 Å². The van der Waals surface area contributed by atoms with E-state index < -0.39 is 0 Å². The fourth-order valence-electron chi connectivity index (χ4n) is 1.88. The molecule has 16 heavy (non-hydrogen) atoms. The van der Waals surface area contributed by atoms with Crippen molar-refractivity contribution in [1.82, 2.24) is 15.1 Å². The molecule has 0 aliphatic carbocycles. The van der Waals surface area contributed by atoms with E-state index in [0.29, 0.717) is 6.54 Å². The van der Waals surface area contributed by atoms with Gasteiger partial charge in [0.2, 0.25) is 0 Å². The van der Waals surface area contributed by atoms with E-state index in [9.17, 15) is 0 Å². The zero-order chi connectivity index (χ0) is 11.4. The number of nitrogens with zero attached hydrogens (tertiary/aromatic N) is 3. The SMILES string of the molecule is Cc1nnc(CN2CCOC(CCN)C2)s1. The predicted octanol–water partition coefficient (Wildman–Crippen LogP) is 0.396. The molecule has 5 nitrogen and oxygen atoms in total. The van der Waals surface area contributed by atoms with Gasteiger partial charge in [0.15, 0.2) is 0 Å². The number of rotatable bonds is 4. The van der Waals surface area contributed by atoms with Gasteiger partial charge in [-0.3, -0.25) is 4.90 Å². The minimum absolute atomic E-state index is 0.285. The van der Waals surface area contributed by atoms with E-state index in [0.717, 1.165) is 42.7 Å². The minimum Gasteiger partial charge on any atom is -0.376 e. The molecule has 1 saturated heterocycles. The molecule has 6 heteroatoms. The number of hydrogen-bond acceptors (Lipinski definition) is 6. The van der Waals surface area contributed by atoms with Crippen molar-refractivity contribution in [3.05, 3.63) is 10.0 Å². The second-order valence-electron chi connectivity index (χ2n) is 4.02. The van der Waals surface area contributed by atoms with Gasteiger partial charge in [-0.1, -0.05) is 0 Å². The lowest BCUT2D eigenvalue weighted by Crippen LogP contribution is -2.42. The first-order chi connectivity index (χ1) is 7.78. The number of ether oxygens (including phenoxy) is 1. The number of aromatic nitrogens is 2. The van der Waals surface area contributed by atoms with Crippen molar-refractivity contribution in [3.8, 4) is 0 Å². The molecule has 1 atom stereocenters. The Morgan fingerprint density at radius 3 is 3.12 bits per heavy atom. The second-order valence-corrected chi connectivity index (χ2v) is 5.29. The summed E-state index contributed by atoms with van der Waals surface area (Å²) in [6, 6.07) is 0. The highest BCUT2D eigenvalue weighted by Gasteiger charge is 2.20. The van der Waals surface area contributed by atoms with Gasteiger partial charge in [0.05, 0.1) is 19.3 Å². The molecule has 1 aliphatic heterocycles. The van der Waals surface area contributed by atoms with Gasteiger partial charge < -0.3 is 10.5 Å². The van der Waals surface area contributed by atoms with Crippen molar-refractivity contribution in [2.45, 2.75) is 26.0 Å². The highest BCUT2D eigenvalue weighted by atomic mass is 32.1. The van der Waals surface area contributed by atoms with Gasteiger partial charge in [-0.05, 0) is 19.9 Å². The Morgan fingerprint density at radius 2 is 2.44 bits per heavy atom. The van der Waals surface area contributed by atoms with Crippen molar-refractivity contribution in [2.24, 2.45) is 5.73 Å². The zero-order valence-electron chi connectivity index (χ0n) is 9.56. The van der Waals surface area contributed by atoms with Crippen LogP contribution in [0.5, 0.6) is 0 Å². The van der Waals surface area contributed by atoms with Crippen molar-refractivity contribution >= 4 is 11.3 Å². The smallest absolute Gasteiger partial charge is 0.131 e. The van der Waals surface area contributed by atoms with Crippen LogP contribution >= 0.6 is 11.3 Å². The topological polar surface area (TPSA) is 64.3 Å². The zero-order valence-corrected chi connectivity index (χ0v) is 10.4. The molecule has 1 aliphatic rings. The molecule has 1 unspecified atom stereocenters. The van der Waals surface area contributed by atoms with Crippen molar-refractivity contribution in [1.29, 1.82) is 0 Å². The van der Waals surface area contributed by atoms with Gasteiger partial charge in [0.25, 0.3) is 0 Å². The van der Waals surface area contributed by atoms with Crippen LogP contribution < -0.4 is 5.73 Å². The Hall–Kier alpha value is -0.560. The first kappa shape index (κ1) is 11.9. The lowest BCUT2D eigenvalue weighted by Gasteiger charge is -2.32. The molecule has 2 heterocycles. The Balaban J connectivity index is 1.85. The number of aryl methyl sites for hydroxylation is 1. The maximum Gasteiger partial charge on any atom is 0.131 e. The first-order valence-electron chi connectivity index (χ1n) is 5.61. The van der Waals surface area contributed by atoms with Crippen LogP contribution in [0.25, 0.3) is 0 Å². The van der Waals surface area contributed by atoms with Crippen LogP contribution in [0, 0.1) is 6.92 Å². The maximum absolute atomic E-state index is 5.64. The highest BCUT2D eigenvalue weighted by Crippen LogP contribution is 2.14. The fraction of sp³-hybridized carbons (Fsp3) is 0.800. The summed E-state index contributed by atoms with van der Waals surface area (Å²) in [5.41, 5.74) is 5.54. The number of nitrogens with two attached hydrogens (primary N) is 1. The van der Waals surface area contributed by atoms with Crippen LogP contribution in [0.3, 0.4) is 0 Å². The molecular formula is C10H18N4OS. The average molecular weight is 242 g/mol. The largest absolute Gasteiger partial charge is 0.376 e. The summed E-state index contributed by atoms with van der Waals surface area (Å²) < 4.78 is 5.64. The molecule has 2 N–H and O–H groups in total. The van der Waals surface area contributed by atoms with Gasteiger partial charge in [0, 0.05) is 13.1 Å². The van der Waals surface area contributed by atoms with Gasteiger partial charge >= 0.3 is 0 Å². The van der Waals surface area contributed by atoms with E-state index in [1.54, 1.807) is 11.3 Å². The molecule has 0 spiro atoms. The molecule has 0 radical (unpaired) electrons. The van der Waals surface area contributed by atoms with Crippen LogP contribution in [0.4, 0.5) is 0 Å². The van der Waals surface area contributed by atoms with Crippen LogP contribution in [0.2, 0.25) is 0 Å². The Labute approximate surface area is 99.6 Å². The number of morpholine rings is 1. The van der Waals surface area contributed by atoms with E-state index in [1.807, 2.05) is 6.92 Å². The third-order valence-electron chi connectivity index (χ3n) is 2.64. The summed E-state index contributed by atoms with van der Waals surface area (Å²) in [5.74, 6) is 0. The third-order valence-corrected chi connectivity index (χ3v) is 3.46. The summed E-state index contributed by atoms with van der Waals surface area (Å²) in [6.07, 6.45) is 1.22. The predicted molar refractivity (Wildman–Crippen MR) is 63.3 cm³/mol. The monoisotopic (exact) mass is 242 g/mol. The van der Waals surface area contributed by atoms with Crippen molar-refractivity contribution in [2.75, 3.05) is 26.2 Å². The normalized spacial score (nSPS) is 22.5. The molecule has 0 aromatic carbocycles. The van der Waals surface area contributed by atoms with Crippen LogP contribution in [-0.4, -0.2) is 47.4 Å². The van der Waals surface area contributed by atoms with Gasteiger partial charge in [0.1, 0.15) is 10.0 Å². The molecular weight excluding hydrogens is 224 g/mol. The summed E-state index contributed by atoms with van der Waals surface area (Å²) >= 11 is 1.67. The van der Waals surface area contributed by atoms with Crippen LogP contribution in [0.15, 0.2) is 0 Å². The molecule has 0 amide bonds. The fourth-order valence-corrected chi connectivity index (χ4v) is 2.63. The van der Waals surface area contributed by atoms with E-state index in [4.69, 9.17) is 10.5 Å². The third kappa shape index (κ3) is 3.21. The summed E-state index contributed by atoms with van der Waals surface area (Å²) in [7, 11) is 0. The van der Waals surface area contributed by atoms with E-state index in [2.05, 4.69) is 15.1 Å². The van der Waals surface area contributed by atoms with E-state index in [-0.39, 0.29) is 6.10 Å². The Bertz CT molecular complexity index is 328. The summed E-state index contributed by atoms with van der Waals surface area (Å²) in [5, 5.41) is 10.3. The Kier molecular flexibility index (Phi) is 4.22. The second kappa shape index (κ2) is 5.67. The van der Waals surface area contributed by atoms with Gasteiger partial charge in [-0.25, -0.2) is 0 Å². The Morgan fingerprint density at radius 1 is 1.56 bits per heavy atom.